The molecule has 0 bridgehead atoms. The van der Waals surface area contributed by atoms with E-state index in [1.807, 2.05) is 12.1 Å². The Bertz CT molecular complexity index is 460. The maximum atomic E-state index is 11.2. The lowest BCUT2D eigenvalue weighted by Crippen LogP contribution is -2.50. The maximum Gasteiger partial charge on any atom is 0.238 e. The summed E-state index contributed by atoms with van der Waals surface area (Å²) in [5.74, 6) is 4.94. The molecule has 1 aromatic rings. The van der Waals surface area contributed by atoms with Gasteiger partial charge in [0.1, 0.15) is 0 Å². The standard InChI is InChI=1S/C16H26N4O/c1-3-15-12-20(9-8-19(15)2)11-14-6-4-13(5-7-14)10-16(21)18-17/h4-7,15H,3,8-12,17H2,1-2H3,(H,18,21). The molecular formula is C16H26N4O. The van der Waals surface area contributed by atoms with E-state index in [0.29, 0.717) is 12.5 Å². The van der Waals surface area contributed by atoms with Crippen molar-refractivity contribution in [3.05, 3.63) is 35.4 Å². The number of carbonyl (C=O) groups excluding carboxylic acids is 1. The van der Waals surface area contributed by atoms with Gasteiger partial charge in [-0.05, 0) is 24.6 Å². The molecule has 0 aliphatic carbocycles. The molecule has 0 spiro atoms. The zero-order valence-electron chi connectivity index (χ0n) is 13.0. The van der Waals surface area contributed by atoms with E-state index >= 15 is 0 Å². The quantitative estimate of drug-likeness (QED) is 0.477. The summed E-state index contributed by atoms with van der Waals surface area (Å²) in [5.41, 5.74) is 4.45. The summed E-state index contributed by atoms with van der Waals surface area (Å²) in [7, 11) is 2.21. The van der Waals surface area contributed by atoms with Gasteiger partial charge in [0.15, 0.2) is 0 Å². The Morgan fingerprint density at radius 3 is 2.57 bits per heavy atom. The van der Waals surface area contributed by atoms with Crippen LogP contribution in [0.4, 0.5) is 0 Å². The Kier molecular flexibility index (Phi) is 5.73. The lowest BCUT2D eigenvalue weighted by atomic mass is 10.1. The molecule has 1 fully saturated rings. The predicted molar refractivity (Wildman–Crippen MR) is 84.5 cm³/mol. The van der Waals surface area contributed by atoms with Gasteiger partial charge < -0.3 is 4.90 Å². The smallest absolute Gasteiger partial charge is 0.238 e. The molecular weight excluding hydrogens is 264 g/mol. The van der Waals surface area contributed by atoms with Crippen LogP contribution in [-0.4, -0.2) is 48.4 Å². The molecule has 21 heavy (non-hydrogen) atoms. The van der Waals surface area contributed by atoms with Crippen LogP contribution in [-0.2, 0) is 17.8 Å². The third-order valence-corrected chi connectivity index (χ3v) is 4.29. The lowest BCUT2D eigenvalue weighted by Gasteiger charge is -2.39. The number of carbonyl (C=O) groups is 1. The third-order valence-electron chi connectivity index (χ3n) is 4.29. The van der Waals surface area contributed by atoms with E-state index in [4.69, 9.17) is 5.84 Å². The second kappa shape index (κ2) is 7.54. The number of hydrogen-bond donors (Lipinski definition) is 2. The molecule has 0 radical (unpaired) electrons. The zero-order valence-corrected chi connectivity index (χ0v) is 13.0. The lowest BCUT2D eigenvalue weighted by molar-refractivity contribution is -0.120. The Labute approximate surface area is 127 Å². The molecule has 0 aromatic heterocycles. The molecule has 1 unspecified atom stereocenters. The van der Waals surface area contributed by atoms with Gasteiger partial charge >= 0.3 is 0 Å². The summed E-state index contributed by atoms with van der Waals surface area (Å²) in [4.78, 5) is 16.2. The number of rotatable bonds is 5. The van der Waals surface area contributed by atoms with Gasteiger partial charge in [0.2, 0.25) is 5.91 Å². The van der Waals surface area contributed by atoms with Crippen LogP contribution in [0.25, 0.3) is 0 Å². The molecule has 1 atom stereocenters. The number of likely N-dealkylation sites (N-methyl/N-ethyl adjacent to an activating group) is 1. The van der Waals surface area contributed by atoms with E-state index < -0.39 is 0 Å². The first kappa shape index (κ1) is 15.9. The zero-order chi connectivity index (χ0) is 15.2. The topological polar surface area (TPSA) is 61.6 Å². The van der Waals surface area contributed by atoms with Crippen molar-refractivity contribution in [3.63, 3.8) is 0 Å². The molecule has 0 saturated carbocycles. The molecule has 1 amide bonds. The van der Waals surface area contributed by atoms with Gasteiger partial charge in [0, 0.05) is 32.2 Å². The van der Waals surface area contributed by atoms with Crippen molar-refractivity contribution in [2.75, 3.05) is 26.7 Å². The monoisotopic (exact) mass is 290 g/mol. The SMILES string of the molecule is CCC1CN(Cc2ccc(CC(=O)NN)cc2)CCN1C. The number of benzene rings is 1. The molecule has 2 rings (SSSR count). The van der Waals surface area contributed by atoms with Crippen LogP contribution in [0.2, 0.25) is 0 Å². The van der Waals surface area contributed by atoms with Crippen LogP contribution in [0, 0.1) is 0 Å². The van der Waals surface area contributed by atoms with Crippen molar-refractivity contribution < 1.29 is 4.79 Å². The molecule has 1 aliphatic rings. The highest BCUT2D eigenvalue weighted by Gasteiger charge is 2.22. The van der Waals surface area contributed by atoms with Crippen LogP contribution in [0.3, 0.4) is 0 Å². The fourth-order valence-corrected chi connectivity index (χ4v) is 2.85. The molecule has 5 nitrogen and oxygen atoms in total. The van der Waals surface area contributed by atoms with Crippen molar-refractivity contribution in [3.8, 4) is 0 Å². The number of nitrogens with two attached hydrogens (primary N) is 1. The normalized spacial score (nSPS) is 20.4. The summed E-state index contributed by atoms with van der Waals surface area (Å²) in [6.45, 7) is 6.61. The molecule has 3 N–H and O–H groups in total. The average molecular weight is 290 g/mol. The Balaban J connectivity index is 1.90. The van der Waals surface area contributed by atoms with Gasteiger partial charge in [0.25, 0.3) is 0 Å². The second-order valence-electron chi connectivity index (χ2n) is 5.84. The van der Waals surface area contributed by atoms with Crippen LogP contribution in [0.1, 0.15) is 24.5 Å². The second-order valence-corrected chi connectivity index (χ2v) is 5.84. The number of amides is 1. The van der Waals surface area contributed by atoms with Crippen LogP contribution >= 0.6 is 0 Å². The van der Waals surface area contributed by atoms with E-state index in [-0.39, 0.29) is 5.91 Å². The van der Waals surface area contributed by atoms with Crippen molar-refractivity contribution >= 4 is 5.91 Å². The minimum absolute atomic E-state index is 0.160. The number of piperazine rings is 1. The first-order valence-electron chi connectivity index (χ1n) is 7.62. The van der Waals surface area contributed by atoms with Gasteiger partial charge in [-0.3, -0.25) is 15.1 Å². The highest BCUT2D eigenvalue weighted by atomic mass is 16.2. The number of nitrogens with zero attached hydrogens (tertiary/aromatic N) is 2. The summed E-state index contributed by atoms with van der Waals surface area (Å²) >= 11 is 0. The summed E-state index contributed by atoms with van der Waals surface area (Å²) in [6, 6.07) is 8.90. The predicted octanol–water partition coefficient (Wildman–Crippen LogP) is 0.745. The van der Waals surface area contributed by atoms with E-state index in [9.17, 15) is 4.79 Å². The van der Waals surface area contributed by atoms with Crippen LogP contribution < -0.4 is 11.3 Å². The van der Waals surface area contributed by atoms with Gasteiger partial charge in [-0.2, -0.15) is 0 Å². The fourth-order valence-electron chi connectivity index (χ4n) is 2.85. The first-order valence-corrected chi connectivity index (χ1v) is 7.62. The van der Waals surface area contributed by atoms with E-state index in [0.717, 1.165) is 31.7 Å². The summed E-state index contributed by atoms with van der Waals surface area (Å²) < 4.78 is 0. The summed E-state index contributed by atoms with van der Waals surface area (Å²) in [6.07, 6.45) is 1.53. The van der Waals surface area contributed by atoms with Gasteiger partial charge in [0.05, 0.1) is 6.42 Å². The van der Waals surface area contributed by atoms with Crippen LogP contribution in [0.15, 0.2) is 24.3 Å². The van der Waals surface area contributed by atoms with Crippen molar-refractivity contribution in [1.29, 1.82) is 0 Å². The molecule has 1 saturated heterocycles. The molecule has 116 valence electrons. The van der Waals surface area contributed by atoms with Crippen LogP contribution in [0.5, 0.6) is 0 Å². The molecule has 1 heterocycles. The highest BCUT2D eigenvalue weighted by molar-refractivity contribution is 5.77. The molecule has 5 heteroatoms. The Morgan fingerprint density at radius 1 is 1.29 bits per heavy atom. The van der Waals surface area contributed by atoms with Crippen molar-refractivity contribution in [1.82, 2.24) is 15.2 Å². The average Bonchev–Trinajstić information content (AvgIpc) is 2.51. The van der Waals surface area contributed by atoms with Gasteiger partial charge in [-0.25, -0.2) is 5.84 Å². The van der Waals surface area contributed by atoms with E-state index in [1.54, 1.807) is 0 Å². The summed E-state index contributed by atoms with van der Waals surface area (Å²) in [5, 5.41) is 0. The van der Waals surface area contributed by atoms with E-state index in [1.165, 1.54) is 12.0 Å². The number of nitrogens with one attached hydrogen (secondary N) is 1. The van der Waals surface area contributed by atoms with Gasteiger partial charge in [-0.1, -0.05) is 31.2 Å². The maximum absolute atomic E-state index is 11.2. The molecule has 1 aromatic carbocycles. The number of hydrazine groups is 1. The highest BCUT2D eigenvalue weighted by Crippen LogP contribution is 2.14. The fraction of sp³-hybridized carbons (Fsp3) is 0.562. The largest absolute Gasteiger partial charge is 0.301 e. The Morgan fingerprint density at radius 2 is 1.95 bits per heavy atom. The van der Waals surface area contributed by atoms with Crippen molar-refractivity contribution in [2.45, 2.75) is 32.4 Å². The third kappa shape index (κ3) is 4.52. The Hall–Kier alpha value is -1.43. The van der Waals surface area contributed by atoms with Gasteiger partial charge in [-0.15, -0.1) is 0 Å². The van der Waals surface area contributed by atoms with Crippen molar-refractivity contribution in [2.24, 2.45) is 5.84 Å². The minimum atomic E-state index is -0.160. The number of hydrogen-bond acceptors (Lipinski definition) is 4. The molecule has 1 aliphatic heterocycles. The van der Waals surface area contributed by atoms with E-state index in [2.05, 4.69) is 41.3 Å². The minimum Gasteiger partial charge on any atom is -0.301 e. The first-order chi connectivity index (χ1) is 10.1.